The van der Waals surface area contributed by atoms with Gasteiger partial charge in [-0.3, -0.25) is 4.79 Å². The third-order valence-electron chi connectivity index (χ3n) is 5.17. The van der Waals surface area contributed by atoms with E-state index < -0.39 is 23.5 Å². The maximum atomic E-state index is 13.8. The Morgan fingerprint density at radius 1 is 0.861 bits per heavy atom. The fourth-order valence-corrected chi connectivity index (χ4v) is 3.68. The van der Waals surface area contributed by atoms with Gasteiger partial charge < -0.3 is 20.9 Å². The van der Waals surface area contributed by atoms with E-state index in [1.54, 1.807) is 53.6 Å². The molecule has 1 aliphatic heterocycles. The van der Waals surface area contributed by atoms with Crippen LogP contribution >= 0.6 is 12.2 Å². The molecule has 0 radical (unpaired) electrons. The molecule has 0 saturated heterocycles. The zero-order chi connectivity index (χ0) is 25.7. The summed E-state index contributed by atoms with van der Waals surface area (Å²) in [6.45, 7) is 0.444. The molecule has 0 atom stereocenters. The number of thiocarbonyl (C=S) groups is 1. The van der Waals surface area contributed by atoms with E-state index in [-0.39, 0.29) is 16.4 Å². The summed E-state index contributed by atoms with van der Waals surface area (Å²) < 4.78 is 54.2. The summed E-state index contributed by atoms with van der Waals surface area (Å²) in [6.07, 6.45) is 2.56. The molecule has 5 nitrogen and oxygen atoms in total. The molecule has 3 N–H and O–H groups in total. The molecule has 0 spiro atoms. The van der Waals surface area contributed by atoms with Gasteiger partial charge in [-0.25, -0.2) is 4.39 Å². The summed E-state index contributed by atoms with van der Waals surface area (Å²) in [5, 5.41) is 8.38. The van der Waals surface area contributed by atoms with Crippen molar-refractivity contribution < 1.29 is 22.4 Å². The van der Waals surface area contributed by atoms with E-state index in [1.807, 2.05) is 12.2 Å². The monoisotopic (exact) mass is 512 g/mol. The minimum Gasteiger partial charge on any atom is -0.344 e. The number of halogens is 4. The highest BCUT2D eigenvalue weighted by Crippen LogP contribution is 2.35. The second-order valence-electron chi connectivity index (χ2n) is 7.78. The summed E-state index contributed by atoms with van der Waals surface area (Å²) >= 11 is 5.28. The number of nitrogens with one attached hydrogen (secondary N) is 3. The Balaban J connectivity index is 1.43. The molecule has 3 aromatic rings. The maximum Gasteiger partial charge on any atom is 0.416 e. The highest BCUT2D eigenvalue weighted by Gasteiger charge is 2.31. The average Bonchev–Trinajstić information content (AvgIpc) is 2.85. The fourth-order valence-electron chi connectivity index (χ4n) is 3.45. The van der Waals surface area contributed by atoms with Crippen molar-refractivity contribution in [2.45, 2.75) is 6.18 Å². The zero-order valence-electron chi connectivity index (χ0n) is 18.6. The third-order valence-corrected chi connectivity index (χ3v) is 5.37. The fraction of sp³-hybridized carbons (Fsp3) is 0.0769. The van der Waals surface area contributed by atoms with Crippen LogP contribution in [0.1, 0.15) is 15.9 Å². The Morgan fingerprint density at radius 3 is 2.17 bits per heavy atom. The normalized spacial score (nSPS) is 12.8. The van der Waals surface area contributed by atoms with Crippen molar-refractivity contribution in [3.05, 3.63) is 108 Å². The summed E-state index contributed by atoms with van der Waals surface area (Å²) in [4.78, 5) is 13.9. The molecule has 0 aromatic heterocycles. The first-order valence-electron chi connectivity index (χ1n) is 10.8. The number of hydrogen-bond donors (Lipinski definition) is 3. The first-order valence-corrected chi connectivity index (χ1v) is 11.2. The van der Waals surface area contributed by atoms with Gasteiger partial charge in [0, 0.05) is 35.5 Å². The van der Waals surface area contributed by atoms with Gasteiger partial charge in [0.15, 0.2) is 5.11 Å². The molecule has 1 aliphatic rings. The molecule has 184 valence electrons. The zero-order valence-corrected chi connectivity index (χ0v) is 19.5. The summed E-state index contributed by atoms with van der Waals surface area (Å²) in [5.41, 5.74) is 0.621. The van der Waals surface area contributed by atoms with Crippen molar-refractivity contribution in [1.29, 1.82) is 0 Å². The van der Waals surface area contributed by atoms with E-state index in [0.29, 0.717) is 23.6 Å². The van der Waals surface area contributed by atoms with Gasteiger partial charge in [0.25, 0.3) is 5.91 Å². The van der Waals surface area contributed by atoms with Crippen molar-refractivity contribution in [1.82, 2.24) is 0 Å². The molecule has 10 heteroatoms. The smallest absolute Gasteiger partial charge is 0.344 e. The molecular formula is C26H20F4N4OS. The van der Waals surface area contributed by atoms with Crippen LogP contribution in [-0.4, -0.2) is 17.6 Å². The molecule has 0 saturated carbocycles. The molecular weight excluding hydrogens is 492 g/mol. The molecule has 1 heterocycles. The van der Waals surface area contributed by atoms with Crippen molar-refractivity contribution in [3.8, 4) is 0 Å². The van der Waals surface area contributed by atoms with Crippen LogP contribution < -0.4 is 20.9 Å². The summed E-state index contributed by atoms with van der Waals surface area (Å²) in [6, 6.07) is 15.7. The quantitative estimate of drug-likeness (QED) is 0.260. The Hall–Kier alpha value is -4.18. The van der Waals surface area contributed by atoms with Crippen molar-refractivity contribution >= 4 is 46.0 Å². The van der Waals surface area contributed by atoms with Gasteiger partial charge in [-0.05, 0) is 72.9 Å². The predicted molar refractivity (Wildman–Crippen MR) is 138 cm³/mol. The number of allylic oxidation sites excluding steroid dienone is 2. The van der Waals surface area contributed by atoms with Gasteiger partial charge in [-0.2, -0.15) is 13.2 Å². The summed E-state index contributed by atoms with van der Waals surface area (Å²) in [7, 11) is 0. The highest BCUT2D eigenvalue weighted by atomic mass is 32.1. The second kappa shape index (κ2) is 10.6. The standard InChI is InChI=1S/C26H20F4N4OS/c27-23-7-3-2-6-22(23)24(35)31-18-8-10-19(11-9-18)32-25(36)33-20-14-17(26(28,29)30)15-21(16-20)34-12-4-1-5-13-34/h1-12,14-16H,13H2,(H,31,35)(H2,32,33,36). The SMILES string of the molecule is O=C(Nc1ccc(NC(=S)Nc2cc(N3C=CC=CC3)cc(C(F)(F)F)c2)cc1)c1ccccc1F. The van der Waals surface area contributed by atoms with E-state index in [2.05, 4.69) is 16.0 Å². The van der Waals surface area contributed by atoms with Crippen LogP contribution in [0.3, 0.4) is 0 Å². The molecule has 1 amide bonds. The van der Waals surface area contributed by atoms with E-state index >= 15 is 0 Å². The molecule has 0 aliphatic carbocycles. The number of anilines is 4. The summed E-state index contributed by atoms with van der Waals surface area (Å²) in [5.74, 6) is -1.22. The van der Waals surface area contributed by atoms with E-state index in [0.717, 1.165) is 12.1 Å². The lowest BCUT2D eigenvalue weighted by Gasteiger charge is -2.23. The number of rotatable bonds is 5. The van der Waals surface area contributed by atoms with Gasteiger partial charge in [0.05, 0.1) is 11.1 Å². The Bertz CT molecular complexity index is 1340. The maximum absolute atomic E-state index is 13.8. The van der Waals surface area contributed by atoms with Gasteiger partial charge in [0.2, 0.25) is 0 Å². The van der Waals surface area contributed by atoms with Crippen LogP contribution in [0.5, 0.6) is 0 Å². The van der Waals surface area contributed by atoms with Gasteiger partial charge in [0.1, 0.15) is 5.82 Å². The molecule has 0 bridgehead atoms. The largest absolute Gasteiger partial charge is 0.416 e. The van der Waals surface area contributed by atoms with E-state index in [1.165, 1.54) is 18.2 Å². The number of benzene rings is 3. The van der Waals surface area contributed by atoms with Crippen LogP contribution in [0, 0.1) is 5.82 Å². The van der Waals surface area contributed by atoms with Gasteiger partial charge in [-0.1, -0.05) is 24.3 Å². The van der Waals surface area contributed by atoms with E-state index in [9.17, 15) is 22.4 Å². The number of nitrogens with zero attached hydrogens (tertiary/aromatic N) is 1. The Kier molecular flexibility index (Phi) is 7.35. The number of amides is 1. The first-order chi connectivity index (χ1) is 17.2. The molecule has 0 fully saturated rings. The molecule has 0 unspecified atom stereocenters. The number of carbonyl (C=O) groups is 1. The third kappa shape index (κ3) is 6.28. The van der Waals surface area contributed by atoms with Crippen LogP contribution in [-0.2, 0) is 6.18 Å². The lowest BCUT2D eigenvalue weighted by molar-refractivity contribution is -0.137. The van der Waals surface area contributed by atoms with Crippen LogP contribution in [0.2, 0.25) is 0 Å². The Labute approximate surface area is 210 Å². The lowest BCUT2D eigenvalue weighted by atomic mass is 10.1. The number of hydrogen-bond acceptors (Lipinski definition) is 3. The van der Waals surface area contributed by atoms with Crippen molar-refractivity contribution in [3.63, 3.8) is 0 Å². The number of carbonyl (C=O) groups excluding carboxylic acids is 1. The molecule has 4 rings (SSSR count). The van der Waals surface area contributed by atoms with Crippen LogP contribution in [0.4, 0.5) is 40.3 Å². The highest BCUT2D eigenvalue weighted by molar-refractivity contribution is 7.80. The van der Waals surface area contributed by atoms with Gasteiger partial charge in [-0.15, -0.1) is 0 Å². The second-order valence-corrected chi connectivity index (χ2v) is 8.19. The van der Waals surface area contributed by atoms with Crippen molar-refractivity contribution in [2.24, 2.45) is 0 Å². The minimum atomic E-state index is -4.53. The lowest BCUT2D eigenvalue weighted by Crippen LogP contribution is -2.21. The molecule has 36 heavy (non-hydrogen) atoms. The average molecular weight is 513 g/mol. The molecule has 3 aromatic carbocycles. The van der Waals surface area contributed by atoms with Crippen LogP contribution in [0.15, 0.2) is 91.2 Å². The first kappa shape index (κ1) is 24.9. The Morgan fingerprint density at radius 2 is 1.53 bits per heavy atom. The topological polar surface area (TPSA) is 56.4 Å². The minimum absolute atomic E-state index is 0.0810. The predicted octanol–water partition coefficient (Wildman–Crippen LogP) is 6.80. The van der Waals surface area contributed by atoms with Gasteiger partial charge >= 0.3 is 6.18 Å². The number of alkyl halides is 3. The van der Waals surface area contributed by atoms with Crippen LogP contribution in [0.25, 0.3) is 0 Å². The van der Waals surface area contributed by atoms with Crippen molar-refractivity contribution in [2.75, 3.05) is 27.4 Å². The van der Waals surface area contributed by atoms with E-state index in [4.69, 9.17) is 12.2 Å².